The van der Waals surface area contributed by atoms with Gasteiger partial charge in [-0.3, -0.25) is 24.6 Å². The Bertz CT molecular complexity index is 864. The minimum Gasteiger partial charge on any atom is -0.322 e. The van der Waals surface area contributed by atoms with Gasteiger partial charge in [0, 0.05) is 31.6 Å². The molecule has 3 atom stereocenters. The number of benzene rings is 1. The maximum atomic E-state index is 13.3. The second-order valence-corrected chi connectivity index (χ2v) is 9.24. The van der Waals surface area contributed by atoms with Gasteiger partial charge in [0.2, 0.25) is 11.8 Å². The van der Waals surface area contributed by atoms with Gasteiger partial charge >= 0.3 is 0 Å². The van der Waals surface area contributed by atoms with E-state index in [1.807, 2.05) is 12.1 Å². The van der Waals surface area contributed by atoms with Gasteiger partial charge < -0.3 is 10.2 Å². The van der Waals surface area contributed by atoms with Crippen molar-refractivity contribution in [2.75, 3.05) is 26.2 Å². The Balaban J connectivity index is 1.28. The van der Waals surface area contributed by atoms with Crippen LogP contribution in [-0.2, 0) is 22.7 Å². The van der Waals surface area contributed by atoms with Crippen LogP contribution in [0.25, 0.3) is 0 Å². The number of rotatable bonds is 4. The van der Waals surface area contributed by atoms with E-state index in [1.165, 1.54) is 19.3 Å². The van der Waals surface area contributed by atoms with Crippen LogP contribution < -0.4 is 10.6 Å². The molecule has 0 spiro atoms. The van der Waals surface area contributed by atoms with Crippen LogP contribution >= 0.6 is 0 Å². The average Bonchev–Trinajstić information content (AvgIpc) is 3.34. The molecule has 1 aromatic carbocycles. The Morgan fingerprint density at radius 2 is 1.97 bits per heavy atom. The average molecular weight is 411 g/mol. The van der Waals surface area contributed by atoms with Crippen LogP contribution in [-0.4, -0.2) is 59.7 Å². The van der Waals surface area contributed by atoms with E-state index in [9.17, 15) is 14.4 Å². The molecule has 0 aromatic heterocycles. The molecule has 5 rings (SSSR count). The molecule has 7 nitrogen and oxygen atoms in total. The van der Waals surface area contributed by atoms with Gasteiger partial charge in [-0.2, -0.15) is 0 Å². The van der Waals surface area contributed by atoms with Crippen molar-refractivity contribution in [3.63, 3.8) is 0 Å². The molecule has 3 unspecified atom stereocenters. The molecule has 0 radical (unpaired) electrons. The molecule has 3 fully saturated rings. The number of imide groups is 1. The molecule has 0 bridgehead atoms. The molecule has 7 heteroatoms. The van der Waals surface area contributed by atoms with Crippen molar-refractivity contribution < 1.29 is 14.4 Å². The van der Waals surface area contributed by atoms with Gasteiger partial charge in [0.15, 0.2) is 0 Å². The third kappa shape index (κ3) is 3.65. The molecule has 4 heterocycles. The summed E-state index contributed by atoms with van der Waals surface area (Å²) in [6.07, 6.45) is 4.53. The first-order chi connectivity index (χ1) is 14.6. The summed E-state index contributed by atoms with van der Waals surface area (Å²) in [5.41, 5.74) is 2.83. The highest BCUT2D eigenvalue weighted by Crippen LogP contribution is 2.33. The van der Waals surface area contributed by atoms with Crippen molar-refractivity contribution in [3.05, 3.63) is 34.9 Å². The lowest BCUT2D eigenvalue weighted by molar-refractivity contribution is -0.136. The van der Waals surface area contributed by atoms with Crippen LogP contribution in [0, 0.1) is 11.8 Å². The molecule has 0 aliphatic carbocycles. The predicted octanol–water partition coefficient (Wildman–Crippen LogP) is 1.27. The summed E-state index contributed by atoms with van der Waals surface area (Å²) in [4.78, 5) is 41.2. The van der Waals surface area contributed by atoms with E-state index in [0.29, 0.717) is 13.0 Å². The van der Waals surface area contributed by atoms with Crippen molar-refractivity contribution in [2.45, 2.75) is 51.2 Å². The van der Waals surface area contributed by atoms with Gasteiger partial charge in [0.25, 0.3) is 5.91 Å². The lowest BCUT2D eigenvalue weighted by atomic mass is 9.86. The Morgan fingerprint density at radius 1 is 1.07 bits per heavy atom. The third-order valence-corrected chi connectivity index (χ3v) is 7.34. The van der Waals surface area contributed by atoms with E-state index in [2.05, 4.69) is 21.6 Å². The van der Waals surface area contributed by atoms with Crippen LogP contribution in [0.2, 0.25) is 0 Å². The smallest absolute Gasteiger partial charge is 0.255 e. The summed E-state index contributed by atoms with van der Waals surface area (Å²) < 4.78 is 0. The summed E-state index contributed by atoms with van der Waals surface area (Å²) in [6.45, 7) is 5.70. The molecule has 160 valence electrons. The van der Waals surface area contributed by atoms with E-state index in [4.69, 9.17) is 0 Å². The number of piperidine rings is 2. The summed E-state index contributed by atoms with van der Waals surface area (Å²) in [5, 5.41) is 5.91. The summed E-state index contributed by atoms with van der Waals surface area (Å²) in [5.74, 6) is 0.845. The summed E-state index contributed by atoms with van der Waals surface area (Å²) >= 11 is 0. The fraction of sp³-hybridized carbons (Fsp3) is 0.609. The molecule has 3 saturated heterocycles. The van der Waals surface area contributed by atoms with Crippen molar-refractivity contribution in [3.8, 4) is 0 Å². The highest BCUT2D eigenvalue weighted by Gasteiger charge is 2.40. The highest BCUT2D eigenvalue weighted by atomic mass is 16.2. The largest absolute Gasteiger partial charge is 0.322 e. The lowest BCUT2D eigenvalue weighted by Gasteiger charge is -2.29. The van der Waals surface area contributed by atoms with Crippen LogP contribution in [0.1, 0.15) is 53.6 Å². The molecule has 0 saturated carbocycles. The quantitative estimate of drug-likeness (QED) is 0.731. The SMILES string of the molecule is O=C1CCC(N2Cc3cccc(CN4CCC(C5CCCNC5)C4)c3C2=O)C(=O)N1. The number of hydrogen-bond donors (Lipinski definition) is 2. The van der Waals surface area contributed by atoms with E-state index in [-0.39, 0.29) is 24.1 Å². The summed E-state index contributed by atoms with van der Waals surface area (Å²) in [6, 6.07) is 5.52. The molecule has 3 amide bonds. The first-order valence-corrected chi connectivity index (χ1v) is 11.3. The van der Waals surface area contributed by atoms with Crippen LogP contribution in [0.4, 0.5) is 0 Å². The zero-order valence-corrected chi connectivity index (χ0v) is 17.4. The number of carbonyl (C=O) groups is 3. The number of likely N-dealkylation sites (tertiary alicyclic amines) is 1. The molecular formula is C23H30N4O3. The Kier molecular flexibility index (Phi) is 5.33. The van der Waals surface area contributed by atoms with Crippen LogP contribution in [0.15, 0.2) is 18.2 Å². The van der Waals surface area contributed by atoms with Gasteiger partial charge in [-0.15, -0.1) is 0 Å². The number of hydrogen-bond acceptors (Lipinski definition) is 5. The predicted molar refractivity (Wildman–Crippen MR) is 111 cm³/mol. The van der Waals surface area contributed by atoms with Gasteiger partial charge in [0.1, 0.15) is 6.04 Å². The standard InChI is InChI=1S/C23H30N4O3/c28-20-7-6-19(22(29)25-20)27-14-18-4-1-3-17(21(18)23(27)30)13-26-10-8-16(12-26)15-5-2-9-24-11-15/h1,3-4,15-16,19,24H,2,5-14H2,(H,25,28,29). The van der Waals surface area contributed by atoms with Gasteiger partial charge in [-0.1, -0.05) is 18.2 Å². The van der Waals surface area contributed by atoms with Gasteiger partial charge in [0.05, 0.1) is 0 Å². The Hall–Kier alpha value is -2.25. The Morgan fingerprint density at radius 3 is 2.77 bits per heavy atom. The molecule has 1 aromatic rings. The monoisotopic (exact) mass is 410 g/mol. The zero-order valence-electron chi connectivity index (χ0n) is 17.4. The van der Waals surface area contributed by atoms with E-state index in [1.54, 1.807) is 4.90 Å². The normalized spacial score (nSPS) is 29.9. The molecule has 4 aliphatic rings. The van der Waals surface area contributed by atoms with Crippen LogP contribution in [0.3, 0.4) is 0 Å². The molecule has 4 aliphatic heterocycles. The van der Waals surface area contributed by atoms with E-state index < -0.39 is 6.04 Å². The van der Waals surface area contributed by atoms with E-state index >= 15 is 0 Å². The van der Waals surface area contributed by atoms with Gasteiger partial charge in [-0.25, -0.2) is 0 Å². The van der Waals surface area contributed by atoms with Crippen molar-refractivity contribution >= 4 is 17.7 Å². The van der Waals surface area contributed by atoms with Crippen molar-refractivity contribution in [1.82, 2.24) is 20.4 Å². The molecular weight excluding hydrogens is 380 g/mol. The number of carbonyl (C=O) groups excluding carboxylic acids is 3. The van der Waals surface area contributed by atoms with Crippen molar-refractivity contribution in [2.24, 2.45) is 11.8 Å². The van der Waals surface area contributed by atoms with Crippen LogP contribution in [0.5, 0.6) is 0 Å². The number of amides is 3. The number of nitrogens with zero attached hydrogens (tertiary/aromatic N) is 2. The third-order valence-electron chi connectivity index (χ3n) is 7.34. The van der Waals surface area contributed by atoms with Gasteiger partial charge in [-0.05, 0) is 68.3 Å². The first kappa shape index (κ1) is 19.7. The second-order valence-electron chi connectivity index (χ2n) is 9.24. The fourth-order valence-electron chi connectivity index (χ4n) is 5.73. The number of nitrogens with one attached hydrogen (secondary N) is 2. The lowest BCUT2D eigenvalue weighted by Crippen LogP contribution is -2.52. The number of fused-ring (bicyclic) bond motifs is 1. The second kappa shape index (κ2) is 8.12. The summed E-state index contributed by atoms with van der Waals surface area (Å²) in [7, 11) is 0. The minimum absolute atomic E-state index is 0.0673. The Labute approximate surface area is 177 Å². The fourth-order valence-corrected chi connectivity index (χ4v) is 5.73. The topological polar surface area (TPSA) is 81.8 Å². The maximum Gasteiger partial charge on any atom is 0.255 e. The van der Waals surface area contributed by atoms with E-state index in [0.717, 1.165) is 61.2 Å². The minimum atomic E-state index is -0.551. The maximum absolute atomic E-state index is 13.3. The van der Waals surface area contributed by atoms with Crippen molar-refractivity contribution in [1.29, 1.82) is 0 Å². The zero-order chi connectivity index (χ0) is 20.7. The highest BCUT2D eigenvalue weighted by molar-refractivity contribution is 6.05. The molecule has 30 heavy (non-hydrogen) atoms. The first-order valence-electron chi connectivity index (χ1n) is 11.3. The molecule has 2 N–H and O–H groups in total.